The van der Waals surface area contributed by atoms with E-state index in [4.69, 9.17) is 10.5 Å². The minimum absolute atomic E-state index is 0.228. The van der Waals surface area contributed by atoms with Crippen LogP contribution in [0.15, 0.2) is 23.1 Å². The van der Waals surface area contributed by atoms with Crippen molar-refractivity contribution >= 4 is 15.7 Å². The Morgan fingerprint density at radius 2 is 2.11 bits per heavy atom. The fraction of sp³-hybridized carbons (Fsp3) is 0.455. The van der Waals surface area contributed by atoms with Gasteiger partial charge in [-0.15, -0.1) is 0 Å². The molecule has 0 spiro atoms. The Bertz CT molecular complexity index is 491. The molecule has 0 aliphatic heterocycles. The largest absolute Gasteiger partial charge is 0.395 e. The lowest BCUT2D eigenvalue weighted by Gasteiger charge is -2.09. The summed E-state index contributed by atoms with van der Waals surface area (Å²) in [6, 6.07) is 3.70. The van der Waals surface area contributed by atoms with Crippen LogP contribution in [0.4, 0.5) is 10.1 Å². The Balaban J connectivity index is 2.66. The van der Waals surface area contributed by atoms with Crippen LogP contribution in [-0.4, -0.2) is 28.7 Å². The molecule has 1 aromatic carbocycles. The van der Waals surface area contributed by atoms with E-state index in [0.29, 0.717) is 13.0 Å². The van der Waals surface area contributed by atoms with Crippen molar-refractivity contribution in [2.45, 2.75) is 17.7 Å². The zero-order valence-electron chi connectivity index (χ0n) is 10.1. The van der Waals surface area contributed by atoms with Gasteiger partial charge in [0.25, 0.3) is 0 Å². The van der Waals surface area contributed by atoms with Gasteiger partial charge in [-0.25, -0.2) is 17.5 Å². The zero-order chi connectivity index (χ0) is 13.6. The van der Waals surface area contributed by atoms with E-state index in [9.17, 15) is 12.8 Å². The number of unbranched alkanes of at least 4 members (excludes halogenated alkanes) is 1. The third-order valence-corrected chi connectivity index (χ3v) is 3.89. The average Bonchev–Trinajstić information content (AvgIpc) is 2.32. The van der Waals surface area contributed by atoms with E-state index in [2.05, 4.69) is 4.72 Å². The van der Waals surface area contributed by atoms with E-state index in [-0.39, 0.29) is 17.1 Å². The number of nitrogens with one attached hydrogen (secondary N) is 1. The fourth-order valence-corrected chi connectivity index (χ4v) is 2.62. The van der Waals surface area contributed by atoms with Crippen LogP contribution in [0.3, 0.4) is 0 Å². The number of anilines is 1. The Hall–Kier alpha value is -1.18. The normalized spacial score (nSPS) is 11.7. The number of rotatable bonds is 7. The first-order chi connectivity index (χ1) is 8.49. The van der Waals surface area contributed by atoms with Crippen molar-refractivity contribution < 1.29 is 17.5 Å². The lowest BCUT2D eigenvalue weighted by atomic mass is 10.3. The van der Waals surface area contributed by atoms with Crippen LogP contribution >= 0.6 is 0 Å². The van der Waals surface area contributed by atoms with Crippen LogP contribution in [0, 0.1) is 5.82 Å². The van der Waals surface area contributed by atoms with Gasteiger partial charge >= 0.3 is 0 Å². The van der Waals surface area contributed by atoms with E-state index in [1.54, 1.807) is 7.11 Å². The maximum Gasteiger partial charge on any atom is 0.242 e. The standard InChI is InChI=1S/C11H17FN2O3S/c1-17-8-3-2-7-14-18(15,16)10-6-4-5-9(12)11(10)13/h4-6,14H,2-3,7-8,13H2,1H3. The molecule has 0 heterocycles. The van der Waals surface area contributed by atoms with Gasteiger partial charge in [-0.05, 0) is 25.0 Å². The summed E-state index contributed by atoms with van der Waals surface area (Å²) < 4.78 is 44.1. The number of nitrogen functional groups attached to an aromatic ring is 1. The third kappa shape index (κ3) is 3.94. The molecule has 0 unspecified atom stereocenters. The number of hydrogen-bond donors (Lipinski definition) is 2. The van der Waals surface area contributed by atoms with Gasteiger partial charge in [0.1, 0.15) is 10.7 Å². The molecule has 0 saturated heterocycles. The van der Waals surface area contributed by atoms with E-state index in [1.807, 2.05) is 0 Å². The lowest BCUT2D eigenvalue weighted by Crippen LogP contribution is -2.26. The summed E-state index contributed by atoms with van der Waals surface area (Å²) in [7, 11) is -2.18. The van der Waals surface area contributed by atoms with Gasteiger partial charge in [-0.3, -0.25) is 0 Å². The third-order valence-electron chi connectivity index (χ3n) is 2.37. The molecule has 7 heteroatoms. The van der Waals surface area contributed by atoms with Crippen molar-refractivity contribution in [2.75, 3.05) is 26.0 Å². The van der Waals surface area contributed by atoms with Gasteiger partial charge in [0.05, 0.1) is 5.69 Å². The molecule has 0 saturated carbocycles. The summed E-state index contributed by atoms with van der Waals surface area (Å²) in [6.07, 6.45) is 1.39. The molecule has 1 rings (SSSR count). The minimum Gasteiger partial charge on any atom is -0.395 e. The van der Waals surface area contributed by atoms with Crippen LogP contribution in [0.25, 0.3) is 0 Å². The number of nitrogens with two attached hydrogens (primary N) is 1. The number of benzene rings is 1. The van der Waals surface area contributed by atoms with E-state index in [1.165, 1.54) is 12.1 Å². The smallest absolute Gasteiger partial charge is 0.242 e. The van der Waals surface area contributed by atoms with Crippen molar-refractivity contribution in [3.8, 4) is 0 Å². The molecule has 0 atom stereocenters. The van der Waals surface area contributed by atoms with Crippen molar-refractivity contribution in [1.82, 2.24) is 4.72 Å². The van der Waals surface area contributed by atoms with E-state index >= 15 is 0 Å². The molecule has 18 heavy (non-hydrogen) atoms. The van der Waals surface area contributed by atoms with Gasteiger partial charge in [0, 0.05) is 20.3 Å². The second kappa shape index (κ2) is 6.67. The van der Waals surface area contributed by atoms with Gasteiger partial charge < -0.3 is 10.5 Å². The summed E-state index contributed by atoms with van der Waals surface area (Å²) in [5, 5.41) is 0. The molecule has 0 bridgehead atoms. The topological polar surface area (TPSA) is 81.4 Å². The van der Waals surface area contributed by atoms with E-state index < -0.39 is 15.8 Å². The summed E-state index contributed by atoms with van der Waals surface area (Å²) in [5.41, 5.74) is 5.05. The minimum atomic E-state index is -3.76. The van der Waals surface area contributed by atoms with Crippen molar-refractivity contribution in [3.63, 3.8) is 0 Å². The van der Waals surface area contributed by atoms with Crippen molar-refractivity contribution in [3.05, 3.63) is 24.0 Å². The predicted molar refractivity (Wildman–Crippen MR) is 67.1 cm³/mol. The van der Waals surface area contributed by atoms with Crippen LogP contribution < -0.4 is 10.5 Å². The Labute approximate surface area is 106 Å². The summed E-state index contributed by atoms with van der Waals surface area (Å²) in [6.45, 7) is 0.839. The number of methoxy groups -OCH3 is 1. The van der Waals surface area contributed by atoms with Gasteiger partial charge in [0.2, 0.25) is 10.0 Å². The number of sulfonamides is 1. The molecule has 0 amide bonds. The first kappa shape index (κ1) is 14.9. The summed E-state index contributed by atoms with van der Waals surface area (Å²) in [5.74, 6) is -0.739. The molecule has 3 N–H and O–H groups in total. The molecule has 0 radical (unpaired) electrons. The second-order valence-electron chi connectivity index (χ2n) is 3.75. The predicted octanol–water partition coefficient (Wildman–Crippen LogP) is 1.11. The highest BCUT2D eigenvalue weighted by Gasteiger charge is 2.18. The Kier molecular flexibility index (Phi) is 5.52. The fourth-order valence-electron chi connectivity index (χ4n) is 1.41. The Morgan fingerprint density at radius 1 is 1.39 bits per heavy atom. The second-order valence-corrected chi connectivity index (χ2v) is 5.48. The summed E-state index contributed by atoms with van der Waals surface area (Å²) >= 11 is 0. The molecule has 102 valence electrons. The van der Waals surface area contributed by atoms with Gasteiger partial charge in [0.15, 0.2) is 0 Å². The maximum atomic E-state index is 13.2. The first-order valence-corrected chi connectivity index (χ1v) is 7.00. The highest BCUT2D eigenvalue weighted by atomic mass is 32.2. The molecule has 0 aromatic heterocycles. The zero-order valence-corrected chi connectivity index (χ0v) is 11.0. The molecule has 0 fully saturated rings. The monoisotopic (exact) mass is 276 g/mol. The van der Waals surface area contributed by atoms with E-state index in [0.717, 1.165) is 12.5 Å². The van der Waals surface area contributed by atoms with Crippen molar-refractivity contribution in [2.24, 2.45) is 0 Å². The molecular weight excluding hydrogens is 259 g/mol. The average molecular weight is 276 g/mol. The lowest BCUT2D eigenvalue weighted by molar-refractivity contribution is 0.193. The number of halogens is 1. The molecular formula is C11H17FN2O3S. The molecule has 1 aromatic rings. The van der Waals surface area contributed by atoms with Crippen molar-refractivity contribution in [1.29, 1.82) is 0 Å². The quantitative estimate of drug-likeness (QED) is 0.577. The van der Waals surface area contributed by atoms with Crippen LogP contribution in [0.2, 0.25) is 0 Å². The number of ether oxygens (including phenoxy) is 1. The van der Waals surface area contributed by atoms with Gasteiger partial charge in [-0.1, -0.05) is 6.07 Å². The molecule has 0 aliphatic carbocycles. The van der Waals surface area contributed by atoms with Crippen LogP contribution in [0.5, 0.6) is 0 Å². The molecule has 5 nitrogen and oxygen atoms in total. The molecule has 0 aliphatic rings. The Morgan fingerprint density at radius 3 is 2.78 bits per heavy atom. The van der Waals surface area contributed by atoms with Gasteiger partial charge in [-0.2, -0.15) is 0 Å². The first-order valence-electron chi connectivity index (χ1n) is 5.51. The highest BCUT2D eigenvalue weighted by Crippen LogP contribution is 2.20. The van der Waals surface area contributed by atoms with Crippen LogP contribution in [-0.2, 0) is 14.8 Å². The number of hydrogen-bond acceptors (Lipinski definition) is 4. The maximum absolute atomic E-state index is 13.2. The summed E-state index contributed by atoms with van der Waals surface area (Å²) in [4.78, 5) is -0.228. The SMILES string of the molecule is COCCCCNS(=O)(=O)c1cccc(F)c1N. The highest BCUT2D eigenvalue weighted by molar-refractivity contribution is 7.89. The van der Waals surface area contributed by atoms with Crippen LogP contribution in [0.1, 0.15) is 12.8 Å². The number of para-hydroxylation sites is 1.